The largest absolute Gasteiger partial charge is 0.487 e. The van der Waals surface area contributed by atoms with Gasteiger partial charge in [-0.3, -0.25) is 9.59 Å². The molecule has 6 nitrogen and oxygen atoms in total. The van der Waals surface area contributed by atoms with Gasteiger partial charge in [-0.25, -0.2) is 0 Å². The molecular formula is C16H22N2O4. The topological polar surface area (TPSA) is 67.9 Å². The van der Waals surface area contributed by atoms with E-state index in [-0.39, 0.29) is 37.5 Å². The molecule has 2 rings (SSSR count). The highest BCUT2D eigenvalue weighted by Crippen LogP contribution is 2.33. The van der Waals surface area contributed by atoms with Gasteiger partial charge in [-0.2, -0.15) is 0 Å². The van der Waals surface area contributed by atoms with Crippen LogP contribution in [0.2, 0.25) is 0 Å². The van der Waals surface area contributed by atoms with E-state index in [0.29, 0.717) is 6.54 Å². The molecule has 0 fully saturated rings. The van der Waals surface area contributed by atoms with E-state index in [4.69, 9.17) is 4.74 Å². The molecule has 1 aromatic carbocycles. The van der Waals surface area contributed by atoms with Crippen molar-refractivity contribution in [2.24, 2.45) is 0 Å². The number of hydrogen-bond acceptors (Lipinski definition) is 5. The maximum absolute atomic E-state index is 12.0. The molecule has 1 aliphatic rings. The van der Waals surface area contributed by atoms with Crippen LogP contribution in [0.4, 0.5) is 5.69 Å². The number of nitrogens with zero attached hydrogens (tertiary/aromatic N) is 1. The molecule has 1 aromatic rings. The first-order valence-electron chi connectivity index (χ1n) is 7.35. The fourth-order valence-corrected chi connectivity index (χ4v) is 2.42. The van der Waals surface area contributed by atoms with Crippen LogP contribution >= 0.6 is 0 Å². The lowest BCUT2D eigenvalue weighted by atomic mass is 10.1. The van der Waals surface area contributed by atoms with Crippen LogP contribution in [0.25, 0.3) is 0 Å². The summed E-state index contributed by atoms with van der Waals surface area (Å²) in [6, 6.07) is 5.94. The number of esters is 1. The number of fused-ring (bicyclic) bond motifs is 1. The zero-order chi connectivity index (χ0) is 16.1. The second-order valence-corrected chi connectivity index (χ2v) is 5.46. The zero-order valence-electron chi connectivity index (χ0n) is 13.2. The third-order valence-electron chi connectivity index (χ3n) is 3.47. The molecule has 1 N–H and O–H groups in total. The van der Waals surface area contributed by atoms with Crippen molar-refractivity contribution in [2.45, 2.75) is 26.4 Å². The fraction of sp³-hybridized carbons (Fsp3) is 0.500. The Morgan fingerprint density at radius 1 is 1.45 bits per heavy atom. The van der Waals surface area contributed by atoms with Gasteiger partial charge >= 0.3 is 5.97 Å². The molecule has 0 aromatic heterocycles. The first-order chi connectivity index (χ1) is 10.5. The molecule has 0 saturated carbocycles. The van der Waals surface area contributed by atoms with E-state index in [1.165, 1.54) is 7.11 Å². The number of carbonyl (C=O) groups is 2. The van der Waals surface area contributed by atoms with Crippen molar-refractivity contribution in [2.75, 3.05) is 31.6 Å². The van der Waals surface area contributed by atoms with Crippen molar-refractivity contribution in [1.82, 2.24) is 5.32 Å². The summed E-state index contributed by atoms with van der Waals surface area (Å²) >= 11 is 0. The van der Waals surface area contributed by atoms with Crippen molar-refractivity contribution in [1.29, 1.82) is 0 Å². The minimum Gasteiger partial charge on any atom is -0.487 e. The molecular weight excluding hydrogens is 284 g/mol. The second kappa shape index (κ2) is 7.15. The van der Waals surface area contributed by atoms with Gasteiger partial charge in [-0.1, -0.05) is 6.07 Å². The predicted molar refractivity (Wildman–Crippen MR) is 83.1 cm³/mol. The van der Waals surface area contributed by atoms with Gasteiger partial charge in [-0.05, 0) is 31.5 Å². The number of nitrogens with one attached hydrogen (secondary N) is 1. The first kappa shape index (κ1) is 16.1. The quantitative estimate of drug-likeness (QED) is 0.830. The summed E-state index contributed by atoms with van der Waals surface area (Å²) in [5.41, 5.74) is 2.05. The van der Waals surface area contributed by atoms with Crippen LogP contribution in [0.1, 0.15) is 18.9 Å². The first-order valence-corrected chi connectivity index (χ1v) is 7.35. The normalized spacial score (nSPS) is 16.5. The van der Waals surface area contributed by atoms with Gasteiger partial charge in [0, 0.05) is 6.54 Å². The van der Waals surface area contributed by atoms with Gasteiger partial charge in [0.1, 0.15) is 11.9 Å². The SMILES string of the molecule is COC(=O)CCNC(=O)CN1C[C@H](C)Oc2ccc(C)cc21. The number of ether oxygens (including phenoxy) is 2. The number of rotatable bonds is 5. The Labute approximate surface area is 130 Å². The predicted octanol–water partition coefficient (Wildman–Crippen LogP) is 1.26. The smallest absolute Gasteiger partial charge is 0.307 e. The van der Waals surface area contributed by atoms with E-state index in [1.807, 2.05) is 36.9 Å². The second-order valence-electron chi connectivity index (χ2n) is 5.46. The van der Waals surface area contributed by atoms with Crippen LogP contribution < -0.4 is 15.0 Å². The van der Waals surface area contributed by atoms with Gasteiger partial charge in [0.05, 0.1) is 32.3 Å². The van der Waals surface area contributed by atoms with Crippen LogP contribution in [0.15, 0.2) is 18.2 Å². The van der Waals surface area contributed by atoms with Crippen LogP contribution in [-0.4, -0.2) is 44.7 Å². The Morgan fingerprint density at radius 2 is 2.23 bits per heavy atom. The van der Waals surface area contributed by atoms with E-state index >= 15 is 0 Å². The Bertz CT molecular complexity index is 559. The number of anilines is 1. The minimum absolute atomic E-state index is 0.0260. The van der Waals surface area contributed by atoms with Crippen molar-refractivity contribution in [3.63, 3.8) is 0 Å². The molecule has 0 saturated heterocycles. The summed E-state index contributed by atoms with van der Waals surface area (Å²) in [6.07, 6.45) is 0.204. The average molecular weight is 306 g/mol. The maximum atomic E-state index is 12.0. The molecule has 0 radical (unpaired) electrons. The van der Waals surface area contributed by atoms with Crippen molar-refractivity contribution >= 4 is 17.6 Å². The molecule has 1 heterocycles. The maximum Gasteiger partial charge on any atom is 0.307 e. The summed E-state index contributed by atoms with van der Waals surface area (Å²) in [4.78, 5) is 25.1. The number of benzene rings is 1. The van der Waals surface area contributed by atoms with E-state index in [0.717, 1.165) is 17.0 Å². The van der Waals surface area contributed by atoms with Gasteiger partial charge in [0.15, 0.2) is 0 Å². The lowest BCUT2D eigenvalue weighted by Crippen LogP contribution is -2.44. The lowest BCUT2D eigenvalue weighted by Gasteiger charge is -2.34. The third kappa shape index (κ3) is 4.13. The van der Waals surface area contributed by atoms with E-state index in [9.17, 15) is 9.59 Å². The van der Waals surface area contributed by atoms with Crippen LogP contribution in [0.5, 0.6) is 5.75 Å². The molecule has 120 valence electrons. The molecule has 0 spiro atoms. The van der Waals surface area contributed by atoms with Crippen molar-refractivity contribution in [3.05, 3.63) is 23.8 Å². The number of hydrogen-bond donors (Lipinski definition) is 1. The van der Waals surface area contributed by atoms with E-state index < -0.39 is 0 Å². The minimum atomic E-state index is -0.332. The average Bonchev–Trinajstić information content (AvgIpc) is 2.47. The molecule has 0 unspecified atom stereocenters. The molecule has 1 amide bonds. The Hall–Kier alpha value is -2.24. The summed E-state index contributed by atoms with van der Waals surface area (Å²) in [5, 5.41) is 2.73. The number of carbonyl (C=O) groups excluding carboxylic acids is 2. The molecule has 22 heavy (non-hydrogen) atoms. The summed E-state index contributed by atoms with van der Waals surface area (Å²) in [6.45, 7) is 5.16. The fourth-order valence-electron chi connectivity index (χ4n) is 2.42. The van der Waals surface area contributed by atoms with Crippen molar-refractivity contribution < 1.29 is 19.1 Å². The molecule has 0 aliphatic carbocycles. The van der Waals surface area contributed by atoms with Gasteiger partial charge in [0.25, 0.3) is 0 Å². The summed E-state index contributed by atoms with van der Waals surface area (Å²) < 4.78 is 10.3. The van der Waals surface area contributed by atoms with Crippen LogP contribution in [-0.2, 0) is 14.3 Å². The Morgan fingerprint density at radius 3 is 2.95 bits per heavy atom. The Balaban J connectivity index is 1.96. The molecule has 1 aliphatic heterocycles. The highest BCUT2D eigenvalue weighted by atomic mass is 16.5. The highest BCUT2D eigenvalue weighted by Gasteiger charge is 2.24. The standard InChI is InChI=1S/C16H22N2O4/c1-11-4-5-14-13(8-11)18(9-12(2)22-14)10-15(19)17-7-6-16(20)21-3/h4-5,8,12H,6-7,9-10H2,1-3H3,(H,17,19)/t12-/m0/s1. The number of methoxy groups -OCH3 is 1. The van der Waals surface area contributed by atoms with E-state index in [2.05, 4.69) is 10.1 Å². The summed E-state index contributed by atoms with van der Waals surface area (Å²) in [7, 11) is 1.33. The van der Waals surface area contributed by atoms with Gasteiger partial charge in [0.2, 0.25) is 5.91 Å². The molecule has 0 bridgehead atoms. The summed E-state index contributed by atoms with van der Waals surface area (Å²) in [5.74, 6) is 0.346. The molecule has 1 atom stereocenters. The van der Waals surface area contributed by atoms with Crippen molar-refractivity contribution in [3.8, 4) is 5.75 Å². The highest BCUT2D eigenvalue weighted by molar-refractivity contribution is 5.83. The van der Waals surface area contributed by atoms with Gasteiger partial charge in [-0.15, -0.1) is 0 Å². The molecule has 6 heteroatoms. The Kier molecular flexibility index (Phi) is 5.25. The lowest BCUT2D eigenvalue weighted by molar-refractivity contribution is -0.140. The number of aryl methyl sites for hydroxylation is 1. The van der Waals surface area contributed by atoms with Gasteiger partial charge < -0.3 is 19.7 Å². The monoisotopic (exact) mass is 306 g/mol. The van der Waals surface area contributed by atoms with Crippen LogP contribution in [0, 0.1) is 6.92 Å². The number of amides is 1. The zero-order valence-corrected chi connectivity index (χ0v) is 13.2. The van der Waals surface area contributed by atoms with Crippen LogP contribution in [0.3, 0.4) is 0 Å². The van der Waals surface area contributed by atoms with E-state index in [1.54, 1.807) is 0 Å². The third-order valence-corrected chi connectivity index (χ3v) is 3.47.